The molecular formula is C20H22N6O2S. The molecule has 1 atom stereocenters. The second kappa shape index (κ2) is 8.68. The smallest absolute Gasteiger partial charge is 0.252 e. The summed E-state index contributed by atoms with van der Waals surface area (Å²) in [6, 6.07) is 9.32. The number of hydrogen-bond acceptors (Lipinski definition) is 7. The number of rotatable bonds is 4. The van der Waals surface area contributed by atoms with Gasteiger partial charge in [-0.05, 0) is 24.3 Å². The molecule has 0 spiro atoms. The van der Waals surface area contributed by atoms with Gasteiger partial charge in [0, 0.05) is 49.2 Å². The van der Waals surface area contributed by atoms with Crippen LogP contribution in [0.4, 0.5) is 5.69 Å². The van der Waals surface area contributed by atoms with E-state index in [-0.39, 0.29) is 18.4 Å². The Morgan fingerprint density at radius 2 is 2.14 bits per heavy atom. The zero-order valence-corrected chi connectivity index (χ0v) is 16.7. The van der Waals surface area contributed by atoms with Gasteiger partial charge >= 0.3 is 0 Å². The van der Waals surface area contributed by atoms with Crippen molar-refractivity contribution in [2.24, 2.45) is 0 Å². The molecule has 2 aliphatic rings. The van der Waals surface area contributed by atoms with Crippen LogP contribution in [0, 0.1) is 11.3 Å². The van der Waals surface area contributed by atoms with Crippen molar-refractivity contribution in [3.05, 3.63) is 36.0 Å². The van der Waals surface area contributed by atoms with Crippen molar-refractivity contribution in [2.45, 2.75) is 6.04 Å². The molecule has 0 aliphatic carbocycles. The predicted molar refractivity (Wildman–Crippen MR) is 113 cm³/mol. The number of nitrogens with zero attached hydrogens (tertiary/aromatic N) is 4. The molecule has 9 heteroatoms. The molecule has 4 rings (SSSR count). The van der Waals surface area contributed by atoms with Gasteiger partial charge < -0.3 is 20.4 Å². The highest BCUT2D eigenvalue weighted by atomic mass is 32.2. The van der Waals surface area contributed by atoms with Crippen LogP contribution in [0.25, 0.3) is 10.9 Å². The zero-order chi connectivity index (χ0) is 20.2. The van der Waals surface area contributed by atoms with Crippen molar-refractivity contribution < 1.29 is 9.59 Å². The van der Waals surface area contributed by atoms with Gasteiger partial charge in [0.1, 0.15) is 6.04 Å². The van der Waals surface area contributed by atoms with Crippen LogP contribution in [0.1, 0.15) is 10.4 Å². The van der Waals surface area contributed by atoms with Crippen LogP contribution < -0.4 is 15.5 Å². The largest absolute Gasteiger partial charge is 0.369 e. The number of anilines is 1. The third-order valence-electron chi connectivity index (χ3n) is 5.20. The first kappa shape index (κ1) is 19.5. The summed E-state index contributed by atoms with van der Waals surface area (Å²) in [6.07, 6.45) is 1.60. The Hall–Kier alpha value is -2.83. The third kappa shape index (κ3) is 4.13. The van der Waals surface area contributed by atoms with Crippen LogP contribution in [0.15, 0.2) is 30.5 Å². The zero-order valence-electron chi connectivity index (χ0n) is 15.9. The first-order chi connectivity index (χ1) is 14.2. The van der Waals surface area contributed by atoms with Gasteiger partial charge in [-0.3, -0.25) is 14.6 Å². The Morgan fingerprint density at radius 3 is 2.93 bits per heavy atom. The normalized spacial score (nSPS) is 19.2. The molecule has 8 nitrogen and oxygen atoms in total. The molecule has 0 saturated carbocycles. The van der Waals surface area contributed by atoms with Crippen LogP contribution in [0.3, 0.4) is 0 Å². The molecule has 2 saturated heterocycles. The molecule has 29 heavy (non-hydrogen) atoms. The number of nitriles is 1. The van der Waals surface area contributed by atoms with Gasteiger partial charge in [0.15, 0.2) is 0 Å². The summed E-state index contributed by atoms with van der Waals surface area (Å²) in [5.41, 5.74) is 2.29. The fourth-order valence-corrected chi connectivity index (χ4v) is 4.70. The van der Waals surface area contributed by atoms with E-state index in [4.69, 9.17) is 5.26 Å². The minimum atomic E-state index is -0.423. The minimum Gasteiger partial charge on any atom is -0.369 e. The molecule has 2 aromatic rings. The van der Waals surface area contributed by atoms with E-state index >= 15 is 0 Å². The van der Waals surface area contributed by atoms with Crippen molar-refractivity contribution >= 4 is 40.2 Å². The number of nitrogens with one attached hydrogen (secondary N) is 2. The van der Waals surface area contributed by atoms with E-state index in [1.165, 1.54) is 4.90 Å². The van der Waals surface area contributed by atoms with Gasteiger partial charge in [-0.2, -0.15) is 5.26 Å². The summed E-state index contributed by atoms with van der Waals surface area (Å²) in [7, 11) is 0. The monoisotopic (exact) mass is 410 g/mol. The summed E-state index contributed by atoms with van der Waals surface area (Å²) < 4.78 is 0. The molecule has 0 bridgehead atoms. The topological polar surface area (TPSA) is 101 Å². The van der Waals surface area contributed by atoms with Crippen LogP contribution in [0.5, 0.6) is 0 Å². The minimum absolute atomic E-state index is 0.126. The van der Waals surface area contributed by atoms with E-state index in [2.05, 4.69) is 26.6 Å². The number of piperazine rings is 1. The molecule has 3 heterocycles. The van der Waals surface area contributed by atoms with Gasteiger partial charge in [-0.1, -0.05) is 0 Å². The number of amides is 2. The molecule has 1 aromatic heterocycles. The standard InChI is InChI=1S/C20H22N6O2S/c21-10-15-12-29-13-26(15)19(27)11-24-20(28)16-3-4-23-18-2-1-14(9-17(16)18)25-7-5-22-6-8-25/h1-4,9,15,22H,5-8,11-13H2,(H,24,28)/t15-/m1/s1. The number of carbonyl (C=O) groups excluding carboxylic acids is 2. The van der Waals surface area contributed by atoms with Crippen molar-refractivity contribution in [1.82, 2.24) is 20.5 Å². The fraction of sp³-hybridized carbons (Fsp3) is 0.400. The van der Waals surface area contributed by atoms with Crippen molar-refractivity contribution in [2.75, 3.05) is 49.3 Å². The van der Waals surface area contributed by atoms with Gasteiger partial charge in [0.2, 0.25) is 5.91 Å². The third-order valence-corrected chi connectivity index (χ3v) is 6.22. The van der Waals surface area contributed by atoms with Crippen LogP contribution in [-0.4, -0.2) is 72.1 Å². The summed E-state index contributed by atoms with van der Waals surface area (Å²) in [5, 5.41) is 15.9. The Balaban J connectivity index is 1.51. The molecule has 0 radical (unpaired) electrons. The summed E-state index contributed by atoms with van der Waals surface area (Å²) in [5.74, 6) is 0.539. The first-order valence-corrected chi connectivity index (χ1v) is 10.7. The number of carbonyl (C=O) groups is 2. The highest BCUT2D eigenvalue weighted by Crippen LogP contribution is 2.24. The first-order valence-electron chi connectivity index (χ1n) is 9.57. The molecule has 2 N–H and O–H groups in total. The fourth-order valence-electron chi connectivity index (χ4n) is 3.60. The average molecular weight is 411 g/mol. The van der Waals surface area contributed by atoms with Crippen molar-refractivity contribution in [3.63, 3.8) is 0 Å². The second-order valence-corrected chi connectivity index (χ2v) is 7.99. The Kier molecular flexibility index (Phi) is 5.83. The Labute approximate surface area is 173 Å². The van der Waals surface area contributed by atoms with E-state index in [0.29, 0.717) is 17.2 Å². The number of thioether (sulfide) groups is 1. The SMILES string of the molecule is N#C[C@@H]1CSCN1C(=O)CNC(=O)c1ccnc2ccc(N3CCNCC3)cc12. The second-order valence-electron chi connectivity index (χ2n) is 6.99. The van der Waals surface area contributed by atoms with Gasteiger partial charge in [-0.25, -0.2) is 0 Å². The van der Waals surface area contributed by atoms with E-state index in [9.17, 15) is 9.59 Å². The Morgan fingerprint density at radius 1 is 1.31 bits per heavy atom. The lowest BCUT2D eigenvalue weighted by atomic mass is 10.1. The summed E-state index contributed by atoms with van der Waals surface area (Å²) in [6.45, 7) is 3.56. The number of aromatic nitrogens is 1. The maximum Gasteiger partial charge on any atom is 0.252 e. The average Bonchev–Trinajstić information content (AvgIpc) is 3.26. The summed E-state index contributed by atoms with van der Waals surface area (Å²) in [4.78, 5) is 33.4. The van der Waals surface area contributed by atoms with Crippen LogP contribution in [0.2, 0.25) is 0 Å². The molecule has 0 unspecified atom stereocenters. The maximum absolute atomic E-state index is 12.8. The lowest BCUT2D eigenvalue weighted by Crippen LogP contribution is -2.43. The predicted octanol–water partition coefficient (Wildman–Crippen LogP) is 0.799. The van der Waals surface area contributed by atoms with E-state index < -0.39 is 6.04 Å². The lowest BCUT2D eigenvalue weighted by molar-refractivity contribution is -0.129. The number of benzene rings is 1. The quantitative estimate of drug-likeness (QED) is 0.769. The lowest BCUT2D eigenvalue weighted by Gasteiger charge is -2.29. The number of pyridine rings is 1. The van der Waals surface area contributed by atoms with Gasteiger partial charge in [0.05, 0.1) is 29.6 Å². The van der Waals surface area contributed by atoms with E-state index in [1.807, 2.05) is 18.2 Å². The summed E-state index contributed by atoms with van der Waals surface area (Å²) >= 11 is 1.54. The highest BCUT2D eigenvalue weighted by Gasteiger charge is 2.29. The number of fused-ring (bicyclic) bond motifs is 1. The highest BCUT2D eigenvalue weighted by molar-refractivity contribution is 7.99. The molecule has 2 fully saturated rings. The molecule has 2 amide bonds. The number of hydrogen-bond donors (Lipinski definition) is 2. The molecule has 2 aliphatic heterocycles. The van der Waals surface area contributed by atoms with Crippen molar-refractivity contribution in [1.29, 1.82) is 5.26 Å². The van der Waals surface area contributed by atoms with E-state index in [0.717, 1.165) is 42.8 Å². The van der Waals surface area contributed by atoms with Crippen LogP contribution >= 0.6 is 11.8 Å². The maximum atomic E-state index is 12.8. The molecule has 1 aromatic carbocycles. The van der Waals surface area contributed by atoms with Crippen LogP contribution in [-0.2, 0) is 4.79 Å². The van der Waals surface area contributed by atoms with E-state index in [1.54, 1.807) is 24.0 Å². The Bertz CT molecular complexity index is 969. The van der Waals surface area contributed by atoms with Gasteiger partial charge in [0.25, 0.3) is 5.91 Å². The molecular weight excluding hydrogens is 388 g/mol. The van der Waals surface area contributed by atoms with Gasteiger partial charge in [-0.15, -0.1) is 11.8 Å². The molecule has 150 valence electrons. The van der Waals surface area contributed by atoms with Crippen molar-refractivity contribution in [3.8, 4) is 6.07 Å².